The number of benzene rings is 1. The van der Waals surface area contributed by atoms with Crippen LogP contribution in [0.4, 0.5) is 5.69 Å². The Morgan fingerprint density at radius 3 is 2.33 bits per heavy atom. The lowest BCUT2D eigenvalue weighted by Gasteiger charge is -2.24. The number of carbonyl (C=O) groups excluding carboxylic acids is 2. The van der Waals surface area contributed by atoms with Crippen molar-refractivity contribution in [1.29, 1.82) is 0 Å². The Balaban J connectivity index is 1.99. The van der Waals surface area contributed by atoms with E-state index in [1.807, 2.05) is 0 Å². The lowest BCUT2D eigenvalue weighted by atomic mass is 9.89. The largest absolute Gasteiger partial charge is 0.462 e. The number of rotatable bonds is 8. The van der Waals surface area contributed by atoms with Crippen LogP contribution in [0, 0.1) is 5.92 Å². The summed E-state index contributed by atoms with van der Waals surface area (Å²) in [5.74, 6) is -0.412. The van der Waals surface area contributed by atoms with E-state index < -0.39 is 16.0 Å². The van der Waals surface area contributed by atoms with Crippen molar-refractivity contribution in [2.75, 3.05) is 30.3 Å². The molecule has 0 aromatic heterocycles. The lowest BCUT2D eigenvalue weighted by Crippen LogP contribution is -2.40. The van der Waals surface area contributed by atoms with E-state index in [-0.39, 0.29) is 31.5 Å². The van der Waals surface area contributed by atoms with Crippen molar-refractivity contribution < 1.29 is 22.7 Å². The molecule has 0 spiro atoms. The fraction of sp³-hybridized carbons (Fsp3) is 0.579. The molecule has 0 atom stereocenters. The molecule has 7 nitrogen and oxygen atoms in total. The summed E-state index contributed by atoms with van der Waals surface area (Å²) in [4.78, 5) is 23.9. The number of esters is 1. The Kier molecular flexibility index (Phi) is 7.65. The zero-order chi connectivity index (χ0) is 19.9. The van der Waals surface area contributed by atoms with Gasteiger partial charge in [0.1, 0.15) is 0 Å². The van der Waals surface area contributed by atoms with E-state index in [0.29, 0.717) is 11.3 Å². The standard InChI is InChI=1S/C19H28N2O5S/c1-3-26-19(23)16-9-11-17(12-10-16)21(27(2,24)25)14-13-20-18(22)15-7-5-4-6-8-15/h9-12,15H,3-8,13-14H2,1-2H3,(H,20,22). The summed E-state index contributed by atoms with van der Waals surface area (Å²) in [7, 11) is -3.52. The predicted molar refractivity (Wildman–Crippen MR) is 104 cm³/mol. The highest BCUT2D eigenvalue weighted by Gasteiger charge is 2.22. The Bertz CT molecular complexity index is 740. The van der Waals surface area contributed by atoms with Crippen LogP contribution in [-0.2, 0) is 19.6 Å². The second-order valence-corrected chi connectivity index (χ2v) is 8.64. The van der Waals surface area contributed by atoms with Gasteiger partial charge in [-0.1, -0.05) is 19.3 Å². The molecule has 0 unspecified atom stereocenters. The van der Waals surface area contributed by atoms with E-state index in [0.717, 1.165) is 31.9 Å². The third-order valence-electron chi connectivity index (χ3n) is 4.66. The maximum atomic E-state index is 12.2. The van der Waals surface area contributed by atoms with Crippen LogP contribution in [0.5, 0.6) is 0 Å². The molecule has 0 aliphatic heterocycles. The van der Waals surface area contributed by atoms with Gasteiger partial charge < -0.3 is 10.1 Å². The summed E-state index contributed by atoms with van der Waals surface area (Å²) in [6, 6.07) is 6.20. The number of ether oxygens (including phenoxy) is 1. The molecular weight excluding hydrogens is 368 g/mol. The van der Waals surface area contributed by atoms with Gasteiger partial charge >= 0.3 is 5.97 Å². The van der Waals surface area contributed by atoms with Crippen LogP contribution in [0.1, 0.15) is 49.4 Å². The second-order valence-electron chi connectivity index (χ2n) is 6.73. The van der Waals surface area contributed by atoms with Crippen LogP contribution in [0.25, 0.3) is 0 Å². The Morgan fingerprint density at radius 1 is 1.15 bits per heavy atom. The number of carbonyl (C=O) groups is 2. The van der Waals surface area contributed by atoms with E-state index in [1.54, 1.807) is 19.1 Å². The first-order chi connectivity index (χ1) is 12.8. The van der Waals surface area contributed by atoms with Crippen LogP contribution in [-0.4, -0.2) is 46.2 Å². The lowest BCUT2D eigenvalue weighted by molar-refractivity contribution is -0.125. The average Bonchev–Trinajstić information content (AvgIpc) is 2.65. The van der Waals surface area contributed by atoms with Gasteiger partial charge in [0.05, 0.1) is 30.7 Å². The Labute approximate surface area is 161 Å². The molecule has 1 saturated carbocycles. The molecule has 2 rings (SSSR count). The van der Waals surface area contributed by atoms with E-state index >= 15 is 0 Å². The molecule has 1 amide bonds. The van der Waals surface area contributed by atoms with Gasteiger partial charge in [-0.15, -0.1) is 0 Å². The van der Waals surface area contributed by atoms with E-state index in [4.69, 9.17) is 4.74 Å². The molecule has 0 bridgehead atoms. The summed E-state index contributed by atoms with van der Waals surface area (Å²) in [5.41, 5.74) is 0.803. The first-order valence-electron chi connectivity index (χ1n) is 9.35. The molecule has 27 heavy (non-hydrogen) atoms. The van der Waals surface area contributed by atoms with Gasteiger partial charge in [0.15, 0.2) is 0 Å². The molecular formula is C19H28N2O5S. The van der Waals surface area contributed by atoms with Crippen LogP contribution >= 0.6 is 0 Å². The number of amides is 1. The molecule has 1 N–H and O–H groups in total. The van der Waals surface area contributed by atoms with Gasteiger partial charge in [0, 0.05) is 12.5 Å². The first-order valence-corrected chi connectivity index (χ1v) is 11.2. The van der Waals surface area contributed by atoms with Crippen molar-refractivity contribution in [2.45, 2.75) is 39.0 Å². The minimum atomic E-state index is -3.52. The SMILES string of the molecule is CCOC(=O)c1ccc(N(CCNC(=O)C2CCCCC2)S(C)(=O)=O)cc1. The monoisotopic (exact) mass is 396 g/mol. The minimum absolute atomic E-state index is 0.000750. The fourth-order valence-electron chi connectivity index (χ4n) is 3.25. The summed E-state index contributed by atoms with van der Waals surface area (Å²) < 4.78 is 30.5. The highest BCUT2D eigenvalue weighted by molar-refractivity contribution is 7.92. The molecule has 1 fully saturated rings. The number of hydrogen-bond donors (Lipinski definition) is 1. The predicted octanol–water partition coefficient (Wildman–Crippen LogP) is 2.33. The fourth-order valence-corrected chi connectivity index (χ4v) is 4.18. The highest BCUT2D eigenvalue weighted by Crippen LogP contribution is 2.23. The number of nitrogens with one attached hydrogen (secondary N) is 1. The van der Waals surface area contributed by atoms with Gasteiger partial charge in [-0.05, 0) is 44.0 Å². The third kappa shape index (κ3) is 6.23. The minimum Gasteiger partial charge on any atom is -0.462 e. The number of sulfonamides is 1. The van der Waals surface area contributed by atoms with Crippen LogP contribution in [0.3, 0.4) is 0 Å². The van der Waals surface area contributed by atoms with Gasteiger partial charge in [-0.3, -0.25) is 9.10 Å². The number of nitrogens with zero attached hydrogens (tertiary/aromatic N) is 1. The van der Waals surface area contributed by atoms with Gasteiger partial charge in [0.2, 0.25) is 15.9 Å². The van der Waals surface area contributed by atoms with Crippen molar-refractivity contribution in [3.8, 4) is 0 Å². The van der Waals surface area contributed by atoms with Gasteiger partial charge in [-0.2, -0.15) is 0 Å². The van der Waals surface area contributed by atoms with Crippen molar-refractivity contribution >= 4 is 27.6 Å². The van der Waals surface area contributed by atoms with E-state index in [2.05, 4.69) is 5.32 Å². The third-order valence-corrected chi connectivity index (χ3v) is 5.85. The second kappa shape index (κ2) is 9.73. The van der Waals surface area contributed by atoms with E-state index in [1.165, 1.54) is 22.9 Å². The van der Waals surface area contributed by atoms with Crippen LogP contribution in [0.2, 0.25) is 0 Å². The van der Waals surface area contributed by atoms with Crippen LogP contribution < -0.4 is 9.62 Å². The molecule has 0 radical (unpaired) electrons. The molecule has 1 aliphatic carbocycles. The normalized spacial score (nSPS) is 15.2. The van der Waals surface area contributed by atoms with Crippen molar-refractivity contribution in [1.82, 2.24) is 5.32 Å². The summed E-state index contributed by atoms with van der Waals surface area (Å²) in [6.45, 7) is 2.37. The topological polar surface area (TPSA) is 92.8 Å². The molecule has 8 heteroatoms. The maximum Gasteiger partial charge on any atom is 0.338 e. The molecule has 150 valence electrons. The number of hydrogen-bond acceptors (Lipinski definition) is 5. The molecule has 0 saturated heterocycles. The highest BCUT2D eigenvalue weighted by atomic mass is 32.2. The molecule has 0 heterocycles. The zero-order valence-corrected chi connectivity index (χ0v) is 16.8. The molecule has 1 aromatic carbocycles. The summed E-state index contributed by atoms with van der Waals surface area (Å²) in [5, 5.41) is 2.85. The zero-order valence-electron chi connectivity index (χ0n) is 15.9. The number of anilines is 1. The van der Waals surface area contributed by atoms with Crippen LogP contribution in [0.15, 0.2) is 24.3 Å². The smallest absolute Gasteiger partial charge is 0.338 e. The van der Waals surface area contributed by atoms with Gasteiger partial charge in [-0.25, -0.2) is 13.2 Å². The van der Waals surface area contributed by atoms with Crippen molar-refractivity contribution in [3.05, 3.63) is 29.8 Å². The average molecular weight is 397 g/mol. The summed E-state index contributed by atoms with van der Waals surface area (Å²) >= 11 is 0. The quantitative estimate of drug-likeness (QED) is 0.681. The Hall–Kier alpha value is -2.09. The van der Waals surface area contributed by atoms with Crippen molar-refractivity contribution in [2.24, 2.45) is 5.92 Å². The first kappa shape index (κ1) is 21.2. The molecule has 1 aliphatic rings. The summed E-state index contributed by atoms with van der Waals surface area (Å²) in [6.07, 6.45) is 6.23. The Morgan fingerprint density at radius 2 is 1.78 bits per heavy atom. The van der Waals surface area contributed by atoms with Gasteiger partial charge in [0.25, 0.3) is 0 Å². The maximum absolute atomic E-state index is 12.2. The van der Waals surface area contributed by atoms with E-state index in [9.17, 15) is 18.0 Å². The molecule has 1 aromatic rings. The van der Waals surface area contributed by atoms with Crippen molar-refractivity contribution in [3.63, 3.8) is 0 Å².